The molecular formula is C19H20N4O2. The van der Waals surface area contributed by atoms with Crippen LogP contribution in [-0.4, -0.2) is 24.0 Å². The molecule has 1 saturated heterocycles. The average molecular weight is 336 g/mol. The van der Waals surface area contributed by atoms with Crippen molar-refractivity contribution < 1.29 is 9.53 Å². The van der Waals surface area contributed by atoms with Crippen LogP contribution in [0.15, 0.2) is 54.7 Å². The lowest BCUT2D eigenvalue weighted by molar-refractivity contribution is -0.117. The van der Waals surface area contributed by atoms with Crippen molar-refractivity contribution in [3.05, 3.63) is 60.3 Å². The van der Waals surface area contributed by atoms with Crippen LogP contribution in [0.25, 0.3) is 10.9 Å². The third-order valence-electron chi connectivity index (χ3n) is 4.59. The Balaban J connectivity index is 1.48. The summed E-state index contributed by atoms with van der Waals surface area (Å²) in [5, 5.41) is 4.02. The lowest BCUT2D eigenvalue weighted by Crippen LogP contribution is -2.39. The molecule has 0 bridgehead atoms. The Kier molecular flexibility index (Phi) is 4.13. The van der Waals surface area contributed by atoms with Crippen molar-refractivity contribution in [3.63, 3.8) is 0 Å². The summed E-state index contributed by atoms with van der Waals surface area (Å²) in [5.41, 5.74) is 9.15. The summed E-state index contributed by atoms with van der Waals surface area (Å²) in [6, 6.07) is 15.3. The molecule has 1 amide bonds. The molecule has 2 heterocycles. The number of nitrogens with one attached hydrogen (secondary N) is 4. The maximum Gasteiger partial charge on any atom is 0.242 e. The smallest absolute Gasteiger partial charge is 0.242 e. The van der Waals surface area contributed by atoms with E-state index in [-0.39, 0.29) is 18.0 Å². The van der Waals surface area contributed by atoms with E-state index >= 15 is 0 Å². The highest BCUT2D eigenvalue weighted by Crippen LogP contribution is 2.30. The second-order valence-electron chi connectivity index (χ2n) is 6.11. The van der Waals surface area contributed by atoms with E-state index in [4.69, 9.17) is 4.74 Å². The highest BCUT2D eigenvalue weighted by atomic mass is 16.5. The normalized spacial score (nSPS) is 19.9. The summed E-state index contributed by atoms with van der Waals surface area (Å²) >= 11 is 0. The zero-order valence-corrected chi connectivity index (χ0v) is 13.9. The van der Waals surface area contributed by atoms with E-state index in [0.29, 0.717) is 6.42 Å². The number of hydrazine groups is 1. The summed E-state index contributed by atoms with van der Waals surface area (Å²) in [5.74, 6) is 0.763. The van der Waals surface area contributed by atoms with Crippen LogP contribution in [0.4, 0.5) is 5.69 Å². The van der Waals surface area contributed by atoms with E-state index in [0.717, 1.165) is 27.9 Å². The lowest BCUT2D eigenvalue weighted by atomic mass is 10.0. The van der Waals surface area contributed by atoms with Gasteiger partial charge in [0, 0.05) is 22.7 Å². The van der Waals surface area contributed by atoms with Crippen molar-refractivity contribution >= 4 is 22.5 Å². The number of aromatic amines is 1. The fourth-order valence-corrected chi connectivity index (χ4v) is 3.30. The second-order valence-corrected chi connectivity index (χ2v) is 6.11. The topological polar surface area (TPSA) is 78.2 Å². The first kappa shape index (κ1) is 15.7. The van der Waals surface area contributed by atoms with Crippen molar-refractivity contribution in [2.24, 2.45) is 0 Å². The molecule has 4 rings (SSSR count). The van der Waals surface area contributed by atoms with Gasteiger partial charge in [0.1, 0.15) is 11.8 Å². The van der Waals surface area contributed by atoms with Gasteiger partial charge in [-0.05, 0) is 30.7 Å². The molecule has 3 aromatic rings. The van der Waals surface area contributed by atoms with E-state index < -0.39 is 0 Å². The molecule has 2 atom stereocenters. The summed E-state index contributed by atoms with van der Waals surface area (Å²) in [6.45, 7) is 0. The van der Waals surface area contributed by atoms with Crippen molar-refractivity contribution in [3.8, 4) is 5.75 Å². The van der Waals surface area contributed by atoms with E-state index in [1.54, 1.807) is 7.11 Å². The number of ether oxygens (including phenoxy) is 1. The van der Waals surface area contributed by atoms with Gasteiger partial charge >= 0.3 is 0 Å². The number of carbonyl (C=O) groups is 1. The molecule has 1 aliphatic heterocycles. The quantitative estimate of drug-likeness (QED) is 0.591. The molecule has 0 saturated carbocycles. The minimum atomic E-state index is -0.316. The number of rotatable bonds is 4. The van der Waals surface area contributed by atoms with Crippen molar-refractivity contribution in [2.75, 3.05) is 12.4 Å². The van der Waals surface area contributed by atoms with Gasteiger partial charge < -0.3 is 15.0 Å². The number of carbonyl (C=O) groups excluding carboxylic acids is 1. The Bertz CT molecular complexity index is 905. The highest BCUT2D eigenvalue weighted by Gasteiger charge is 2.31. The molecule has 25 heavy (non-hydrogen) atoms. The van der Waals surface area contributed by atoms with Crippen LogP contribution in [-0.2, 0) is 4.79 Å². The van der Waals surface area contributed by atoms with Gasteiger partial charge in [-0.1, -0.05) is 24.3 Å². The van der Waals surface area contributed by atoms with Crippen molar-refractivity contribution in [2.45, 2.75) is 18.5 Å². The third-order valence-corrected chi connectivity index (χ3v) is 4.59. The number of hydrogen-bond donors (Lipinski definition) is 4. The second kappa shape index (κ2) is 6.58. The molecular weight excluding hydrogens is 316 g/mol. The number of H-pyrrole nitrogens is 1. The van der Waals surface area contributed by atoms with Crippen molar-refractivity contribution in [1.29, 1.82) is 0 Å². The highest BCUT2D eigenvalue weighted by molar-refractivity contribution is 6.03. The van der Waals surface area contributed by atoms with E-state index in [2.05, 4.69) is 21.2 Å². The number of benzene rings is 2. The summed E-state index contributed by atoms with van der Waals surface area (Å²) in [4.78, 5) is 15.8. The van der Waals surface area contributed by atoms with Crippen molar-refractivity contribution in [1.82, 2.24) is 15.8 Å². The van der Waals surface area contributed by atoms with E-state index in [1.807, 2.05) is 54.7 Å². The zero-order valence-electron chi connectivity index (χ0n) is 13.9. The predicted molar refractivity (Wildman–Crippen MR) is 97.3 cm³/mol. The van der Waals surface area contributed by atoms with Gasteiger partial charge in [0.2, 0.25) is 5.91 Å². The third kappa shape index (κ3) is 2.97. The number of aromatic nitrogens is 1. The van der Waals surface area contributed by atoms with Gasteiger partial charge in [0.25, 0.3) is 0 Å². The molecule has 6 nitrogen and oxygen atoms in total. The molecule has 0 radical (unpaired) electrons. The van der Waals surface area contributed by atoms with E-state index in [1.165, 1.54) is 0 Å². The Morgan fingerprint density at radius 1 is 1.12 bits per heavy atom. The van der Waals surface area contributed by atoms with Gasteiger partial charge in [-0.15, -0.1) is 0 Å². The molecule has 0 spiro atoms. The molecule has 128 valence electrons. The molecule has 2 aromatic carbocycles. The number of anilines is 1. The fraction of sp³-hybridized carbons (Fsp3) is 0.211. The van der Waals surface area contributed by atoms with E-state index in [9.17, 15) is 4.79 Å². The fourth-order valence-electron chi connectivity index (χ4n) is 3.30. The van der Waals surface area contributed by atoms with Crippen LogP contribution in [0, 0.1) is 0 Å². The Morgan fingerprint density at radius 2 is 2.00 bits per heavy atom. The summed E-state index contributed by atoms with van der Waals surface area (Å²) in [7, 11) is 1.66. The number of hydrogen-bond acceptors (Lipinski definition) is 4. The van der Waals surface area contributed by atoms with Gasteiger partial charge in [0.05, 0.1) is 18.8 Å². The molecule has 2 unspecified atom stereocenters. The minimum Gasteiger partial charge on any atom is -0.496 e. The van der Waals surface area contributed by atoms with Gasteiger partial charge in [-0.3, -0.25) is 4.79 Å². The Hall–Kier alpha value is -2.83. The first-order valence-electron chi connectivity index (χ1n) is 8.27. The molecule has 4 N–H and O–H groups in total. The minimum absolute atomic E-state index is 0.0231. The molecule has 1 aromatic heterocycles. The first-order chi connectivity index (χ1) is 12.3. The van der Waals surface area contributed by atoms with Crippen LogP contribution in [0.5, 0.6) is 5.75 Å². The summed E-state index contributed by atoms with van der Waals surface area (Å²) in [6.07, 6.45) is 2.52. The Morgan fingerprint density at radius 3 is 2.88 bits per heavy atom. The van der Waals surface area contributed by atoms with Gasteiger partial charge in [0.15, 0.2) is 0 Å². The Labute approximate surface area is 145 Å². The van der Waals surface area contributed by atoms with Gasteiger partial charge in [-0.2, -0.15) is 0 Å². The zero-order chi connectivity index (χ0) is 17.2. The van der Waals surface area contributed by atoms with Crippen LogP contribution >= 0.6 is 0 Å². The number of amides is 1. The first-order valence-corrected chi connectivity index (χ1v) is 8.27. The molecule has 1 aliphatic rings. The molecule has 1 fully saturated rings. The average Bonchev–Trinajstić information content (AvgIpc) is 3.31. The van der Waals surface area contributed by atoms with Crippen LogP contribution in [0.2, 0.25) is 0 Å². The maximum atomic E-state index is 12.7. The number of para-hydroxylation sites is 1. The number of fused-ring (bicyclic) bond motifs is 1. The van der Waals surface area contributed by atoms with Gasteiger partial charge in [-0.25, -0.2) is 10.9 Å². The number of methoxy groups -OCH3 is 1. The lowest BCUT2D eigenvalue weighted by Gasteiger charge is -2.14. The van der Waals surface area contributed by atoms with Crippen LogP contribution in [0.3, 0.4) is 0 Å². The standard InChI is InChI=1S/C19H20N4O2/c1-25-18-8-3-2-5-13(18)16-11-17(23-22-16)19(24)21-15-7-4-6-14-12(15)9-10-20-14/h2-10,16-17,20,22-23H,11H2,1H3,(H,21,24). The molecule has 6 heteroatoms. The summed E-state index contributed by atoms with van der Waals surface area (Å²) < 4.78 is 5.42. The SMILES string of the molecule is COc1ccccc1C1CC(C(=O)Nc2cccc3[nH]ccc23)NN1. The van der Waals surface area contributed by atoms with Crippen LogP contribution < -0.4 is 20.9 Å². The largest absolute Gasteiger partial charge is 0.496 e. The van der Waals surface area contributed by atoms with Crippen LogP contribution in [0.1, 0.15) is 18.0 Å². The monoisotopic (exact) mass is 336 g/mol. The molecule has 0 aliphatic carbocycles. The predicted octanol–water partition coefficient (Wildman–Crippen LogP) is 2.72. The maximum absolute atomic E-state index is 12.7.